The summed E-state index contributed by atoms with van der Waals surface area (Å²) in [4.78, 5) is 4.17. The van der Waals surface area contributed by atoms with Gasteiger partial charge in [0.15, 0.2) is 0 Å². The van der Waals surface area contributed by atoms with Crippen LogP contribution in [0.5, 0.6) is 0 Å². The van der Waals surface area contributed by atoms with E-state index >= 15 is 0 Å². The smallest absolute Gasteiger partial charge is 0.121 e. The van der Waals surface area contributed by atoms with Crippen LogP contribution in [0, 0.1) is 10.8 Å². The maximum atomic E-state index is 10.6. The Kier molecular flexibility index (Phi) is 2.11. The highest BCUT2D eigenvalue weighted by molar-refractivity contribution is 6.20. The van der Waals surface area contributed by atoms with E-state index in [1.807, 2.05) is 13.8 Å². The third-order valence-corrected chi connectivity index (χ3v) is 4.68. The third kappa shape index (κ3) is 0.846. The molecule has 84 valence electrons. The van der Waals surface area contributed by atoms with Gasteiger partial charge in [0.2, 0.25) is 0 Å². The summed E-state index contributed by atoms with van der Waals surface area (Å²) in [6.07, 6.45) is 1.68. The van der Waals surface area contributed by atoms with Crippen LogP contribution in [-0.2, 0) is 0 Å². The number of aliphatic imine (C=N–C) groups is 1. The molecule has 2 atom stereocenters. The summed E-state index contributed by atoms with van der Waals surface area (Å²) in [5.41, 5.74) is -0.582. The van der Waals surface area contributed by atoms with Gasteiger partial charge in [0.25, 0.3) is 0 Å². The van der Waals surface area contributed by atoms with Crippen LogP contribution in [0.15, 0.2) is 16.8 Å². The van der Waals surface area contributed by atoms with Crippen molar-refractivity contribution < 1.29 is 10.2 Å². The molecule has 1 fully saturated rings. The van der Waals surface area contributed by atoms with Crippen LogP contribution < -0.4 is 0 Å². The van der Waals surface area contributed by atoms with Gasteiger partial charge >= 0.3 is 0 Å². The minimum atomic E-state index is -1.03. The minimum absolute atomic E-state index is 0.0953. The summed E-state index contributed by atoms with van der Waals surface area (Å²) in [6.45, 7) is 5.57. The second-order valence-corrected chi connectivity index (χ2v) is 5.17. The number of aliphatic hydroxyl groups is 2. The summed E-state index contributed by atoms with van der Waals surface area (Å²) in [5, 5.41) is 20.2. The molecule has 0 aromatic carbocycles. The molecule has 0 amide bonds. The van der Waals surface area contributed by atoms with Crippen molar-refractivity contribution in [1.82, 2.24) is 0 Å². The Bertz CT molecular complexity index is 375. The monoisotopic (exact) mass is 229 g/mol. The summed E-state index contributed by atoms with van der Waals surface area (Å²) in [7, 11) is 0. The fourth-order valence-electron chi connectivity index (χ4n) is 3.28. The summed E-state index contributed by atoms with van der Waals surface area (Å²) < 4.78 is 0. The topological polar surface area (TPSA) is 52.8 Å². The Morgan fingerprint density at radius 3 is 2.53 bits per heavy atom. The normalized spacial score (nSPS) is 41.7. The Morgan fingerprint density at radius 1 is 1.47 bits per heavy atom. The van der Waals surface area contributed by atoms with Gasteiger partial charge in [-0.2, -0.15) is 0 Å². The van der Waals surface area contributed by atoms with Gasteiger partial charge in [-0.05, 0) is 12.5 Å². The maximum absolute atomic E-state index is 10.6. The van der Waals surface area contributed by atoms with Crippen molar-refractivity contribution in [2.75, 3.05) is 12.5 Å². The summed E-state index contributed by atoms with van der Waals surface area (Å²) >= 11 is 5.85. The number of halogens is 1. The standard InChI is InChI=1S/C11H16ClNO2/c1-7-11(15)9(2,3)10(11,6-14)8(4-12)5-13-7/h5,14-15H,4,6H2,1-3H3. The lowest BCUT2D eigenvalue weighted by Crippen LogP contribution is -2.34. The van der Waals surface area contributed by atoms with Crippen LogP contribution in [0.2, 0.25) is 0 Å². The van der Waals surface area contributed by atoms with E-state index in [1.54, 1.807) is 13.1 Å². The Morgan fingerprint density at radius 2 is 2.07 bits per heavy atom. The molecule has 0 radical (unpaired) electrons. The predicted octanol–water partition coefficient (Wildman–Crippen LogP) is 1.33. The molecule has 0 aromatic heterocycles. The quantitative estimate of drug-likeness (QED) is 0.702. The highest BCUT2D eigenvalue weighted by Gasteiger charge is 2.85. The zero-order chi connectivity index (χ0) is 11.5. The van der Waals surface area contributed by atoms with Crippen LogP contribution in [-0.4, -0.2) is 34.0 Å². The number of nitrogens with zero attached hydrogens (tertiary/aromatic N) is 1. The molecule has 3 nitrogen and oxygen atoms in total. The molecule has 2 rings (SSSR count). The SMILES string of the molecule is CC1=NC=C(CCl)C2(CO)C(C)(C)C12O. The van der Waals surface area contributed by atoms with E-state index in [0.29, 0.717) is 11.6 Å². The molecule has 0 spiro atoms. The molecule has 2 aliphatic rings. The molecule has 1 aliphatic carbocycles. The van der Waals surface area contributed by atoms with Crippen molar-refractivity contribution in [3.8, 4) is 0 Å². The number of hydrogen-bond donors (Lipinski definition) is 2. The lowest BCUT2D eigenvalue weighted by atomic mass is 9.88. The van der Waals surface area contributed by atoms with Gasteiger partial charge in [-0.15, -0.1) is 11.6 Å². The fraction of sp³-hybridized carbons (Fsp3) is 0.727. The minimum Gasteiger partial charge on any atom is -0.395 e. The van der Waals surface area contributed by atoms with Gasteiger partial charge in [-0.3, -0.25) is 4.99 Å². The van der Waals surface area contributed by atoms with Gasteiger partial charge < -0.3 is 10.2 Å². The van der Waals surface area contributed by atoms with Crippen LogP contribution in [0.3, 0.4) is 0 Å². The zero-order valence-corrected chi connectivity index (χ0v) is 9.97. The van der Waals surface area contributed by atoms with Gasteiger partial charge in [0.05, 0.1) is 12.0 Å². The van der Waals surface area contributed by atoms with Crippen molar-refractivity contribution >= 4 is 17.3 Å². The first kappa shape index (κ1) is 11.1. The zero-order valence-electron chi connectivity index (χ0n) is 9.21. The first-order chi connectivity index (χ1) is 6.90. The highest BCUT2D eigenvalue weighted by Crippen LogP contribution is 2.76. The highest BCUT2D eigenvalue weighted by atomic mass is 35.5. The average Bonchev–Trinajstić information content (AvgIpc) is 2.61. The van der Waals surface area contributed by atoms with E-state index in [1.165, 1.54) is 0 Å². The molecule has 15 heavy (non-hydrogen) atoms. The molecule has 4 heteroatoms. The molecule has 1 aliphatic heterocycles. The first-order valence-corrected chi connectivity index (χ1v) is 5.57. The summed E-state index contributed by atoms with van der Waals surface area (Å²) in [5.74, 6) is 0.295. The predicted molar refractivity (Wildman–Crippen MR) is 60.2 cm³/mol. The fourth-order valence-corrected chi connectivity index (χ4v) is 3.57. The summed E-state index contributed by atoms with van der Waals surface area (Å²) in [6, 6.07) is 0. The second-order valence-electron chi connectivity index (χ2n) is 4.90. The van der Waals surface area contributed by atoms with E-state index in [0.717, 1.165) is 5.57 Å². The number of hydrogen-bond acceptors (Lipinski definition) is 3. The lowest BCUT2D eigenvalue weighted by molar-refractivity contribution is 0.129. The molecule has 2 unspecified atom stereocenters. The number of rotatable bonds is 2. The number of aliphatic hydroxyl groups excluding tert-OH is 1. The largest absolute Gasteiger partial charge is 0.395 e. The van der Waals surface area contributed by atoms with Gasteiger partial charge in [0, 0.05) is 23.2 Å². The van der Waals surface area contributed by atoms with Crippen molar-refractivity contribution in [2.24, 2.45) is 15.8 Å². The van der Waals surface area contributed by atoms with Crippen LogP contribution in [0.25, 0.3) is 0 Å². The Labute approximate surface area is 94.5 Å². The van der Waals surface area contributed by atoms with Gasteiger partial charge in [-0.1, -0.05) is 13.8 Å². The van der Waals surface area contributed by atoms with E-state index in [-0.39, 0.29) is 6.61 Å². The molecule has 0 saturated heterocycles. The third-order valence-electron chi connectivity index (χ3n) is 4.39. The van der Waals surface area contributed by atoms with E-state index in [9.17, 15) is 10.2 Å². The molecule has 1 saturated carbocycles. The molecule has 2 N–H and O–H groups in total. The van der Waals surface area contributed by atoms with Crippen LogP contribution >= 0.6 is 11.6 Å². The van der Waals surface area contributed by atoms with Crippen molar-refractivity contribution in [2.45, 2.75) is 26.4 Å². The van der Waals surface area contributed by atoms with Crippen molar-refractivity contribution in [3.05, 3.63) is 11.8 Å². The van der Waals surface area contributed by atoms with E-state index < -0.39 is 16.4 Å². The Balaban J connectivity index is 2.60. The molecule has 0 aromatic rings. The second kappa shape index (κ2) is 2.84. The Hall–Kier alpha value is -0.380. The van der Waals surface area contributed by atoms with E-state index in [2.05, 4.69) is 4.99 Å². The first-order valence-electron chi connectivity index (χ1n) is 5.03. The number of fused-ring (bicyclic) bond motifs is 1. The lowest BCUT2D eigenvalue weighted by Gasteiger charge is -2.24. The van der Waals surface area contributed by atoms with Crippen molar-refractivity contribution in [3.63, 3.8) is 0 Å². The molecule has 1 heterocycles. The van der Waals surface area contributed by atoms with Gasteiger partial charge in [-0.25, -0.2) is 0 Å². The van der Waals surface area contributed by atoms with Crippen LogP contribution in [0.1, 0.15) is 20.8 Å². The number of alkyl halides is 1. The average molecular weight is 230 g/mol. The maximum Gasteiger partial charge on any atom is 0.121 e. The van der Waals surface area contributed by atoms with Crippen LogP contribution in [0.4, 0.5) is 0 Å². The molecular weight excluding hydrogens is 214 g/mol. The van der Waals surface area contributed by atoms with E-state index in [4.69, 9.17) is 11.6 Å². The molecule has 0 bridgehead atoms. The van der Waals surface area contributed by atoms with Crippen molar-refractivity contribution in [1.29, 1.82) is 0 Å². The van der Waals surface area contributed by atoms with Gasteiger partial charge in [0.1, 0.15) is 5.60 Å². The molecular formula is C11H16ClNO2.